The fourth-order valence-electron chi connectivity index (χ4n) is 2.66. The highest BCUT2D eigenvalue weighted by atomic mass is 16.5. The quantitative estimate of drug-likeness (QED) is 0.699. The van der Waals surface area contributed by atoms with Crippen LogP contribution in [0, 0.1) is 20.8 Å². The van der Waals surface area contributed by atoms with Gasteiger partial charge in [-0.15, -0.1) is 0 Å². The molecule has 7 nitrogen and oxygen atoms in total. The van der Waals surface area contributed by atoms with Crippen LogP contribution in [0.5, 0.6) is 0 Å². The van der Waals surface area contributed by atoms with Gasteiger partial charge < -0.3 is 9.84 Å². The molecule has 0 aliphatic heterocycles. The Bertz CT molecular complexity index is 846. The van der Waals surface area contributed by atoms with E-state index in [9.17, 15) is 4.79 Å². The van der Waals surface area contributed by atoms with Gasteiger partial charge in [0.25, 0.3) is 0 Å². The van der Waals surface area contributed by atoms with Gasteiger partial charge >= 0.3 is 0 Å². The Hall–Kier alpha value is -2.70. The van der Waals surface area contributed by atoms with Crippen molar-refractivity contribution < 1.29 is 9.32 Å². The maximum absolute atomic E-state index is 12.0. The van der Waals surface area contributed by atoms with Gasteiger partial charge in [0.05, 0.1) is 17.8 Å². The van der Waals surface area contributed by atoms with E-state index >= 15 is 0 Å². The number of carbonyl (C=O) groups excluding carboxylic acids is 1. The van der Waals surface area contributed by atoms with Gasteiger partial charge in [-0.2, -0.15) is 5.10 Å². The lowest BCUT2D eigenvalue weighted by atomic mass is 10.1. The molecule has 7 heteroatoms. The van der Waals surface area contributed by atoms with Crippen molar-refractivity contribution in [2.24, 2.45) is 0 Å². The normalized spacial score (nSPS) is 11.1. The Balaban J connectivity index is 1.46. The fourth-order valence-corrected chi connectivity index (χ4v) is 2.66. The molecule has 3 rings (SSSR count). The molecule has 126 valence electrons. The van der Waals surface area contributed by atoms with E-state index < -0.39 is 0 Å². The molecule has 0 radical (unpaired) electrons. The molecular weight excluding hydrogens is 306 g/mol. The van der Waals surface area contributed by atoms with E-state index in [4.69, 9.17) is 4.52 Å². The molecule has 24 heavy (non-hydrogen) atoms. The summed E-state index contributed by atoms with van der Waals surface area (Å²) in [5, 5.41) is 11.2. The highest BCUT2D eigenvalue weighted by Crippen LogP contribution is 2.12. The number of fused-ring (bicyclic) bond motifs is 1. The van der Waals surface area contributed by atoms with Crippen LogP contribution in [0.2, 0.25) is 0 Å². The minimum absolute atomic E-state index is 0.0133. The lowest BCUT2D eigenvalue weighted by Crippen LogP contribution is -2.26. The minimum Gasteiger partial charge on any atom is -0.361 e. The minimum atomic E-state index is -0.0133. The van der Waals surface area contributed by atoms with Gasteiger partial charge in [-0.3, -0.25) is 4.79 Å². The van der Waals surface area contributed by atoms with Crippen LogP contribution in [0.15, 0.2) is 23.0 Å². The van der Waals surface area contributed by atoms with Crippen LogP contribution in [-0.2, 0) is 17.6 Å². The number of amides is 1. The summed E-state index contributed by atoms with van der Waals surface area (Å²) >= 11 is 0. The SMILES string of the molecule is Cc1cc2ncc(CCCNC(=O)Cc3c(C)noc3C)cn2n1. The first kappa shape index (κ1) is 16.2. The van der Waals surface area contributed by atoms with Crippen molar-refractivity contribution in [1.82, 2.24) is 25.1 Å². The maximum Gasteiger partial charge on any atom is 0.224 e. The van der Waals surface area contributed by atoms with Crippen molar-refractivity contribution in [2.75, 3.05) is 6.54 Å². The van der Waals surface area contributed by atoms with E-state index in [2.05, 4.69) is 20.6 Å². The largest absolute Gasteiger partial charge is 0.361 e. The Kier molecular flexibility index (Phi) is 4.59. The molecule has 0 saturated heterocycles. The molecule has 0 saturated carbocycles. The Morgan fingerprint density at radius 3 is 2.92 bits per heavy atom. The zero-order valence-corrected chi connectivity index (χ0v) is 14.2. The molecule has 3 aromatic heterocycles. The molecule has 1 amide bonds. The second-order valence-corrected chi connectivity index (χ2v) is 5.98. The number of nitrogens with zero attached hydrogens (tertiary/aromatic N) is 4. The van der Waals surface area contributed by atoms with Crippen molar-refractivity contribution in [2.45, 2.75) is 40.0 Å². The standard InChI is InChI=1S/C17H21N5O2/c1-11-7-16-19-9-14(10-22(16)20-11)5-4-6-18-17(23)8-15-12(2)21-24-13(15)3/h7,9-10H,4-6,8H2,1-3H3,(H,18,23). The summed E-state index contributed by atoms with van der Waals surface area (Å²) in [4.78, 5) is 16.4. The second kappa shape index (κ2) is 6.82. The second-order valence-electron chi connectivity index (χ2n) is 5.98. The molecule has 3 heterocycles. The maximum atomic E-state index is 12.0. The number of nitrogens with one attached hydrogen (secondary N) is 1. The van der Waals surface area contributed by atoms with Crippen LogP contribution in [0.25, 0.3) is 5.65 Å². The third-order valence-electron chi connectivity index (χ3n) is 3.97. The van der Waals surface area contributed by atoms with E-state index in [0.29, 0.717) is 18.7 Å². The first-order valence-corrected chi connectivity index (χ1v) is 8.02. The lowest BCUT2D eigenvalue weighted by Gasteiger charge is -2.05. The summed E-state index contributed by atoms with van der Waals surface area (Å²) in [5.74, 6) is 0.692. The molecule has 0 aliphatic rings. The first-order chi connectivity index (χ1) is 11.5. The van der Waals surface area contributed by atoms with E-state index in [1.54, 1.807) is 4.52 Å². The summed E-state index contributed by atoms with van der Waals surface area (Å²) in [7, 11) is 0. The van der Waals surface area contributed by atoms with Crippen LogP contribution >= 0.6 is 0 Å². The molecule has 0 unspecified atom stereocenters. The van der Waals surface area contributed by atoms with Gasteiger partial charge in [-0.1, -0.05) is 5.16 Å². The third kappa shape index (κ3) is 3.61. The third-order valence-corrected chi connectivity index (χ3v) is 3.97. The van der Waals surface area contributed by atoms with Crippen LogP contribution < -0.4 is 5.32 Å². The number of hydrogen-bond donors (Lipinski definition) is 1. The van der Waals surface area contributed by atoms with Gasteiger partial charge in [0.2, 0.25) is 5.91 Å². The zero-order valence-electron chi connectivity index (χ0n) is 14.2. The van der Waals surface area contributed by atoms with Crippen LogP contribution in [0.3, 0.4) is 0 Å². The van der Waals surface area contributed by atoms with Gasteiger partial charge in [0.15, 0.2) is 5.65 Å². The highest BCUT2D eigenvalue weighted by Gasteiger charge is 2.12. The molecule has 0 fully saturated rings. The predicted molar refractivity (Wildman–Crippen MR) is 88.7 cm³/mol. The number of rotatable bonds is 6. The Labute approximate surface area is 140 Å². The molecule has 3 aromatic rings. The van der Waals surface area contributed by atoms with Gasteiger partial charge in [-0.05, 0) is 39.2 Å². The average molecular weight is 327 g/mol. The van der Waals surface area contributed by atoms with Crippen LogP contribution in [0.1, 0.15) is 34.7 Å². The molecule has 0 bridgehead atoms. The van der Waals surface area contributed by atoms with Gasteiger partial charge in [0.1, 0.15) is 5.76 Å². The smallest absolute Gasteiger partial charge is 0.224 e. The molecule has 0 aliphatic carbocycles. The average Bonchev–Trinajstić information content (AvgIpc) is 3.07. The van der Waals surface area contributed by atoms with E-state index in [1.165, 1.54) is 0 Å². The van der Waals surface area contributed by atoms with E-state index in [-0.39, 0.29) is 5.91 Å². The topological polar surface area (TPSA) is 85.3 Å². The first-order valence-electron chi connectivity index (χ1n) is 8.02. The van der Waals surface area contributed by atoms with Crippen molar-refractivity contribution in [3.63, 3.8) is 0 Å². The number of carbonyl (C=O) groups is 1. The summed E-state index contributed by atoms with van der Waals surface area (Å²) in [6.45, 7) is 6.24. The summed E-state index contributed by atoms with van der Waals surface area (Å²) in [5.41, 5.74) is 4.55. The van der Waals surface area contributed by atoms with E-state index in [1.807, 2.05) is 39.2 Å². The van der Waals surface area contributed by atoms with Gasteiger partial charge in [0, 0.05) is 30.6 Å². The number of aryl methyl sites for hydroxylation is 4. The molecule has 0 aromatic carbocycles. The van der Waals surface area contributed by atoms with Crippen LogP contribution in [-0.4, -0.2) is 32.2 Å². The summed E-state index contributed by atoms with van der Waals surface area (Å²) < 4.78 is 6.86. The number of hydrogen-bond acceptors (Lipinski definition) is 5. The molecule has 0 atom stereocenters. The molecule has 0 spiro atoms. The highest BCUT2D eigenvalue weighted by molar-refractivity contribution is 5.78. The monoisotopic (exact) mass is 327 g/mol. The summed E-state index contributed by atoms with van der Waals surface area (Å²) in [6.07, 6.45) is 5.85. The molecular formula is C17H21N5O2. The van der Waals surface area contributed by atoms with Crippen molar-refractivity contribution in [3.05, 3.63) is 46.7 Å². The van der Waals surface area contributed by atoms with Crippen LogP contribution in [0.4, 0.5) is 0 Å². The number of aromatic nitrogens is 4. The zero-order chi connectivity index (χ0) is 17.1. The molecule has 1 N–H and O–H groups in total. The van der Waals surface area contributed by atoms with Crippen molar-refractivity contribution in [3.8, 4) is 0 Å². The van der Waals surface area contributed by atoms with Crippen molar-refractivity contribution >= 4 is 11.6 Å². The Morgan fingerprint density at radius 2 is 2.17 bits per heavy atom. The predicted octanol–water partition coefficient (Wildman–Crippen LogP) is 1.93. The fraction of sp³-hybridized carbons (Fsp3) is 0.412. The Morgan fingerprint density at radius 1 is 1.33 bits per heavy atom. The van der Waals surface area contributed by atoms with Crippen molar-refractivity contribution in [1.29, 1.82) is 0 Å². The van der Waals surface area contributed by atoms with E-state index in [0.717, 1.165) is 41.0 Å². The lowest BCUT2D eigenvalue weighted by molar-refractivity contribution is -0.120. The van der Waals surface area contributed by atoms with Gasteiger partial charge in [-0.25, -0.2) is 9.50 Å². The summed E-state index contributed by atoms with van der Waals surface area (Å²) in [6, 6.07) is 1.94.